The van der Waals surface area contributed by atoms with E-state index in [4.69, 9.17) is 5.11 Å². The molecule has 1 aromatic rings. The first-order chi connectivity index (χ1) is 7.25. The maximum absolute atomic E-state index is 10.5. The van der Waals surface area contributed by atoms with Crippen LogP contribution in [0.2, 0.25) is 0 Å². The zero-order valence-corrected chi connectivity index (χ0v) is 8.39. The summed E-state index contributed by atoms with van der Waals surface area (Å²) in [6.07, 6.45) is 3.90. The van der Waals surface area contributed by atoms with E-state index in [1.807, 2.05) is 0 Å². The third-order valence-electron chi connectivity index (χ3n) is 2.42. The van der Waals surface area contributed by atoms with Crippen LogP contribution < -0.4 is 4.90 Å². The number of rotatable bonds is 3. The average molecular weight is 207 g/mol. The van der Waals surface area contributed by atoms with Crippen LogP contribution in [0.5, 0.6) is 0 Å². The van der Waals surface area contributed by atoms with E-state index in [1.165, 1.54) is 0 Å². The summed E-state index contributed by atoms with van der Waals surface area (Å²) in [4.78, 5) is 21.0. The molecule has 0 amide bonds. The van der Waals surface area contributed by atoms with Gasteiger partial charge in [-0.2, -0.15) is 0 Å². The van der Waals surface area contributed by atoms with Gasteiger partial charge < -0.3 is 10.0 Å². The van der Waals surface area contributed by atoms with Gasteiger partial charge in [-0.25, -0.2) is 9.97 Å². The van der Waals surface area contributed by atoms with Gasteiger partial charge in [0, 0.05) is 19.3 Å². The Bertz CT molecular complexity index is 361. The summed E-state index contributed by atoms with van der Waals surface area (Å²) in [5, 5.41) is 8.65. The van der Waals surface area contributed by atoms with E-state index in [0.717, 1.165) is 25.9 Å². The normalized spacial score (nSPS) is 15.6. The van der Waals surface area contributed by atoms with E-state index in [0.29, 0.717) is 11.6 Å². The Morgan fingerprint density at radius 1 is 1.47 bits per heavy atom. The molecular weight excluding hydrogens is 194 g/mol. The molecule has 80 valence electrons. The Morgan fingerprint density at radius 3 is 2.87 bits per heavy atom. The van der Waals surface area contributed by atoms with E-state index < -0.39 is 5.97 Å². The molecule has 2 rings (SSSR count). The van der Waals surface area contributed by atoms with E-state index in [1.54, 1.807) is 12.3 Å². The van der Waals surface area contributed by atoms with Gasteiger partial charge in [0.2, 0.25) is 5.95 Å². The van der Waals surface area contributed by atoms with Crippen LogP contribution >= 0.6 is 0 Å². The number of carboxylic acid groups (broad SMARTS) is 1. The number of carbonyl (C=O) groups is 1. The summed E-state index contributed by atoms with van der Waals surface area (Å²) in [5.74, 6) is -0.202. The Morgan fingerprint density at radius 2 is 2.20 bits per heavy atom. The highest BCUT2D eigenvalue weighted by atomic mass is 16.4. The van der Waals surface area contributed by atoms with Gasteiger partial charge in [0.05, 0.1) is 12.1 Å². The number of carboxylic acids is 1. The van der Waals surface area contributed by atoms with Gasteiger partial charge in [0.1, 0.15) is 0 Å². The van der Waals surface area contributed by atoms with Crippen molar-refractivity contribution in [1.82, 2.24) is 9.97 Å². The third-order valence-corrected chi connectivity index (χ3v) is 2.42. The lowest BCUT2D eigenvalue weighted by molar-refractivity contribution is -0.136. The van der Waals surface area contributed by atoms with Crippen molar-refractivity contribution < 1.29 is 9.90 Å². The number of hydrogen-bond acceptors (Lipinski definition) is 4. The van der Waals surface area contributed by atoms with E-state index in [-0.39, 0.29) is 6.42 Å². The maximum Gasteiger partial charge on any atom is 0.309 e. The lowest BCUT2D eigenvalue weighted by atomic mass is 10.3. The molecule has 0 spiro atoms. The van der Waals surface area contributed by atoms with Crippen molar-refractivity contribution in [3.8, 4) is 0 Å². The second-order valence-corrected chi connectivity index (χ2v) is 3.61. The fourth-order valence-electron chi connectivity index (χ4n) is 1.71. The Kier molecular flexibility index (Phi) is 2.80. The molecule has 1 N–H and O–H groups in total. The van der Waals surface area contributed by atoms with Gasteiger partial charge in [0.25, 0.3) is 0 Å². The SMILES string of the molecule is O=C(O)Cc1ccnc(N2CCCC2)n1. The molecule has 1 aliphatic heterocycles. The zero-order chi connectivity index (χ0) is 10.7. The molecule has 0 radical (unpaired) electrons. The minimum atomic E-state index is -0.860. The number of aromatic nitrogens is 2. The first kappa shape index (κ1) is 9.89. The number of anilines is 1. The van der Waals surface area contributed by atoms with Crippen molar-refractivity contribution in [2.75, 3.05) is 18.0 Å². The molecule has 2 heterocycles. The summed E-state index contributed by atoms with van der Waals surface area (Å²) in [6.45, 7) is 1.94. The highest BCUT2D eigenvalue weighted by Gasteiger charge is 2.15. The second kappa shape index (κ2) is 4.25. The minimum Gasteiger partial charge on any atom is -0.481 e. The van der Waals surface area contributed by atoms with E-state index in [2.05, 4.69) is 14.9 Å². The molecule has 0 aromatic carbocycles. The molecule has 1 aliphatic rings. The van der Waals surface area contributed by atoms with Crippen LogP contribution in [0.3, 0.4) is 0 Å². The van der Waals surface area contributed by atoms with Gasteiger partial charge >= 0.3 is 5.97 Å². The molecule has 1 aromatic heterocycles. The van der Waals surface area contributed by atoms with Crippen LogP contribution in [0.25, 0.3) is 0 Å². The van der Waals surface area contributed by atoms with Gasteiger partial charge in [-0.1, -0.05) is 0 Å². The highest BCUT2D eigenvalue weighted by Crippen LogP contribution is 2.15. The lowest BCUT2D eigenvalue weighted by Gasteiger charge is -2.14. The summed E-state index contributed by atoms with van der Waals surface area (Å²) in [5.41, 5.74) is 0.569. The van der Waals surface area contributed by atoms with Gasteiger partial charge in [-0.05, 0) is 18.9 Å². The monoisotopic (exact) mass is 207 g/mol. The Labute approximate surface area is 87.8 Å². The third kappa shape index (κ3) is 2.43. The molecular formula is C10H13N3O2. The molecule has 15 heavy (non-hydrogen) atoms. The predicted molar refractivity (Wildman–Crippen MR) is 54.8 cm³/mol. The number of nitrogens with zero attached hydrogens (tertiary/aromatic N) is 3. The summed E-state index contributed by atoms with van der Waals surface area (Å²) < 4.78 is 0. The first-order valence-electron chi connectivity index (χ1n) is 5.04. The van der Waals surface area contributed by atoms with Crippen LogP contribution in [-0.2, 0) is 11.2 Å². The largest absolute Gasteiger partial charge is 0.481 e. The minimum absolute atomic E-state index is 0.0383. The molecule has 1 saturated heterocycles. The first-order valence-corrected chi connectivity index (χ1v) is 5.04. The Hall–Kier alpha value is -1.65. The number of aliphatic carboxylic acids is 1. The average Bonchev–Trinajstić information content (AvgIpc) is 2.69. The fraction of sp³-hybridized carbons (Fsp3) is 0.500. The van der Waals surface area contributed by atoms with Gasteiger partial charge in [0.15, 0.2) is 0 Å². The van der Waals surface area contributed by atoms with Crippen molar-refractivity contribution >= 4 is 11.9 Å². The number of hydrogen-bond donors (Lipinski definition) is 1. The maximum atomic E-state index is 10.5. The second-order valence-electron chi connectivity index (χ2n) is 3.61. The molecule has 5 nitrogen and oxygen atoms in total. The molecule has 0 saturated carbocycles. The van der Waals surface area contributed by atoms with Crippen LogP contribution in [0.15, 0.2) is 12.3 Å². The van der Waals surface area contributed by atoms with Crippen molar-refractivity contribution in [2.24, 2.45) is 0 Å². The summed E-state index contributed by atoms with van der Waals surface area (Å²) in [7, 11) is 0. The topological polar surface area (TPSA) is 66.3 Å². The van der Waals surface area contributed by atoms with Crippen molar-refractivity contribution in [3.05, 3.63) is 18.0 Å². The Balaban J connectivity index is 2.14. The zero-order valence-electron chi connectivity index (χ0n) is 8.39. The van der Waals surface area contributed by atoms with Crippen molar-refractivity contribution in [1.29, 1.82) is 0 Å². The van der Waals surface area contributed by atoms with Crippen molar-refractivity contribution in [3.63, 3.8) is 0 Å². The smallest absolute Gasteiger partial charge is 0.309 e. The lowest BCUT2D eigenvalue weighted by Crippen LogP contribution is -2.21. The van der Waals surface area contributed by atoms with E-state index in [9.17, 15) is 4.79 Å². The molecule has 0 atom stereocenters. The standard InChI is InChI=1S/C10H13N3O2/c14-9(15)7-8-3-4-11-10(12-8)13-5-1-2-6-13/h3-4H,1-2,5-7H2,(H,14,15). The molecule has 0 aliphatic carbocycles. The quantitative estimate of drug-likeness (QED) is 0.790. The van der Waals surface area contributed by atoms with Crippen LogP contribution in [0.1, 0.15) is 18.5 Å². The van der Waals surface area contributed by atoms with Gasteiger partial charge in [-0.15, -0.1) is 0 Å². The van der Waals surface area contributed by atoms with Crippen molar-refractivity contribution in [2.45, 2.75) is 19.3 Å². The fourth-order valence-corrected chi connectivity index (χ4v) is 1.71. The highest BCUT2D eigenvalue weighted by molar-refractivity contribution is 5.69. The predicted octanol–water partition coefficient (Wildman–Crippen LogP) is 0.704. The van der Waals surface area contributed by atoms with Crippen LogP contribution in [0.4, 0.5) is 5.95 Å². The summed E-state index contributed by atoms with van der Waals surface area (Å²) >= 11 is 0. The van der Waals surface area contributed by atoms with Gasteiger partial charge in [-0.3, -0.25) is 4.79 Å². The molecule has 0 unspecified atom stereocenters. The van der Waals surface area contributed by atoms with Crippen LogP contribution in [0, 0.1) is 0 Å². The molecule has 1 fully saturated rings. The van der Waals surface area contributed by atoms with E-state index >= 15 is 0 Å². The van der Waals surface area contributed by atoms with Crippen LogP contribution in [-0.4, -0.2) is 34.1 Å². The molecule has 0 bridgehead atoms. The summed E-state index contributed by atoms with van der Waals surface area (Å²) in [6, 6.07) is 1.65. The molecule has 5 heteroatoms.